The van der Waals surface area contributed by atoms with E-state index in [1.54, 1.807) is 0 Å². The lowest BCUT2D eigenvalue weighted by atomic mass is 9.99. The van der Waals surface area contributed by atoms with Crippen molar-refractivity contribution in [2.75, 3.05) is 40.3 Å². The molecule has 27 heavy (non-hydrogen) atoms. The molecule has 1 fully saturated rings. The zero-order valence-electron chi connectivity index (χ0n) is 17.2. The first-order chi connectivity index (χ1) is 13.1. The van der Waals surface area contributed by atoms with Crippen LogP contribution in [0, 0.1) is 5.92 Å². The Kier molecular flexibility index (Phi) is 6.83. The summed E-state index contributed by atoms with van der Waals surface area (Å²) in [7, 11) is 4.02. The quantitative estimate of drug-likeness (QED) is 0.592. The highest BCUT2D eigenvalue weighted by Crippen LogP contribution is 2.35. The fourth-order valence-electron chi connectivity index (χ4n) is 3.99. The molecule has 0 bridgehead atoms. The van der Waals surface area contributed by atoms with Crippen molar-refractivity contribution in [1.29, 1.82) is 0 Å². The van der Waals surface area contributed by atoms with Crippen molar-refractivity contribution in [1.82, 2.24) is 15.5 Å². The van der Waals surface area contributed by atoms with Gasteiger partial charge in [0.25, 0.3) is 0 Å². The van der Waals surface area contributed by atoms with E-state index >= 15 is 0 Å². The van der Waals surface area contributed by atoms with Crippen LogP contribution in [0.3, 0.4) is 0 Å². The molecule has 3 rings (SSSR count). The Bertz CT molecular complexity index is 662. The molecule has 6 nitrogen and oxygen atoms in total. The molecule has 0 spiro atoms. The third kappa shape index (κ3) is 5.28. The average molecular weight is 375 g/mol. The highest BCUT2D eigenvalue weighted by atomic mass is 16.5. The number of nitrogens with zero attached hydrogens (tertiary/aromatic N) is 2. The lowest BCUT2D eigenvalue weighted by Crippen LogP contribution is -2.43. The van der Waals surface area contributed by atoms with Crippen molar-refractivity contribution in [2.24, 2.45) is 10.9 Å². The number of hydrogen-bond acceptors (Lipinski definition) is 4. The van der Waals surface area contributed by atoms with Gasteiger partial charge in [0.05, 0.1) is 6.61 Å². The van der Waals surface area contributed by atoms with Gasteiger partial charge in [-0.15, -0.1) is 0 Å². The van der Waals surface area contributed by atoms with Crippen LogP contribution in [0.4, 0.5) is 0 Å². The van der Waals surface area contributed by atoms with Gasteiger partial charge in [-0.25, -0.2) is 0 Å². The van der Waals surface area contributed by atoms with Crippen LogP contribution in [0.25, 0.3) is 0 Å². The summed E-state index contributed by atoms with van der Waals surface area (Å²) in [4.78, 5) is 6.78. The second-order valence-electron chi connectivity index (χ2n) is 7.71. The van der Waals surface area contributed by atoms with Gasteiger partial charge in [0.1, 0.15) is 17.6 Å². The lowest BCUT2D eigenvalue weighted by molar-refractivity contribution is 0.210. The van der Waals surface area contributed by atoms with Gasteiger partial charge < -0.3 is 25.0 Å². The normalized spacial score (nSPS) is 22.9. The first-order valence-electron chi connectivity index (χ1n) is 10.2. The van der Waals surface area contributed by atoms with Crippen molar-refractivity contribution >= 4 is 5.96 Å². The van der Waals surface area contributed by atoms with Crippen LogP contribution >= 0.6 is 0 Å². The molecule has 1 aromatic rings. The predicted molar refractivity (Wildman–Crippen MR) is 110 cm³/mol. The number of benzene rings is 1. The van der Waals surface area contributed by atoms with Crippen molar-refractivity contribution in [2.45, 2.75) is 45.8 Å². The number of aliphatic imine (C=N–C) groups is 1. The Morgan fingerprint density at radius 3 is 2.96 bits per heavy atom. The summed E-state index contributed by atoms with van der Waals surface area (Å²) in [5.74, 6) is 3.43. The van der Waals surface area contributed by atoms with E-state index in [4.69, 9.17) is 9.47 Å². The lowest BCUT2D eigenvalue weighted by Gasteiger charge is -2.30. The Morgan fingerprint density at radius 1 is 1.37 bits per heavy atom. The number of piperidine rings is 1. The smallest absolute Gasteiger partial charge is 0.191 e. The summed E-state index contributed by atoms with van der Waals surface area (Å²) in [5.41, 5.74) is 2.34. The van der Waals surface area contributed by atoms with Crippen LogP contribution in [0.15, 0.2) is 17.1 Å². The minimum atomic E-state index is 0.237. The molecule has 2 atom stereocenters. The van der Waals surface area contributed by atoms with E-state index in [1.165, 1.54) is 24.9 Å². The molecule has 1 aromatic carbocycles. The third-order valence-corrected chi connectivity index (χ3v) is 5.33. The summed E-state index contributed by atoms with van der Waals surface area (Å²) >= 11 is 0. The Hall–Kier alpha value is -1.95. The second-order valence-corrected chi connectivity index (χ2v) is 7.71. The van der Waals surface area contributed by atoms with Crippen LogP contribution in [0.1, 0.15) is 37.8 Å². The Labute approximate surface area is 163 Å². The number of hydrogen-bond donors (Lipinski definition) is 2. The van der Waals surface area contributed by atoms with E-state index in [9.17, 15) is 0 Å². The van der Waals surface area contributed by atoms with Gasteiger partial charge in [-0.1, -0.05) is 0 Å². The number of ether oxygens (including phenoxy) is 2. The minimum absolute atomic E-state index is 0.237. The van der Waals surface area contributed by atoms with Gasteiger partial charge in [-0.05, 0) is 58.3 Å². The minimum Gasteiger partial charge on any atom is -0.494 e. The third-order valence-electron chi connectivity index (χ3n) is 5.33. The molecule has 6 heteroatoms. The van der Waals surface area contributed by atoms with E-state index in [1.807, 2.05) is 14.0 Å². The second kappa shape index (κ2) is 9.31. The first kappa shape index (κ1) is 19.8. The number of guanidine groups is 1. The summed E-state index contributed by atoms with van der Waals surface area (Å²) in [6.45, 7) is 8.75. The molecule has 150 valence electrons. The molecule has 2 unspecified atom stereocenters. The molecule has 2 aliphatic rings. The average Bonchev–Trinajstić information content (AvgIpc) is 3.01. The zero-order chi connectivity index (χ0) is 19.2. The van der Waals surface area contributed by atoms with Crippen molar-refractivity contribution in [3.63, 3.8) is 0 Å². The maximum absolute atomic E-state index is 5.92. The van der Waals surface area contributed by atoms with Crippen LogP contribution in [-0.4, -0.2) is 57.3 Å². The van der Waals surface area contributed by atoms with Gasteiger partial charge in [0.15, 0.2) is 5.96 Å². The Balaban J connectivity index is 1.58. The maximum atomic E-state index is 5.92. The van der Waals surface area contributed by atoms with E-state index in [0.29, 0.717) is 19.1 Å². The van der Waals surface area contributed by atoms with Crippen LogP contribution in [0.5, 0.6) is 11.5 Å². The molecule has 1 saturated heterocycles. The van der Waals surface area contributed by atoms with Gasteiger partial charge in [0.2, 0.25) is 0 Å². The molecule has 2 aliphatic heterocycles. The van der Waals surface area contributed by atoms with Crippen molar-refractivity contribution < 1.29 is 9.47 Å². The Morgan fingerprint density at radius 2 is 2.22 bits per heavy atom. The predicted octanol–water partition coefficient (Wildman–Crippen LogP) is 2.42. The van der Waals surface area contributed by atoms with Crippen LogP contribution < -0.4 is 20.1 Å². The van der Waals surface area contributed by atoms with Crippen LogP contribution in [-0.2, 0) is 13.0 Å². The standard InChI is InChI=1S/C21H34N4O2/c1-5-26-19-10-17-9-15(2)27-20(17)11-18(19)13-24-21(22-3)23-12-16-7-6-8-25(4)14-16/h10-11,15-16H,5-9,12-14H2,1-4H3,(H2,22,23,24). The molecule has 0 radical (unpaired) electrons. The fourth-order valence-corrected chi connectivity index (χ4v) is 3.99. The molecular formula is C21H34N4O2. The summed E-state index contributed by atoms with van der Waals surface area (Å²) in [6.07, 6.45) is 3.74. The molecule has 0 saturated carbocycles. The van der Waals surface area contributed by atoms with Crippen molar-refractivity contribution in [3.05, 3.63) is 23.3 Å². The largest absolute Gasteiger partial charge is 0.494 e. The molecule has 0 aromatic heterocycles. The maximum Gasteiger partial charge on any atom is 0.191 e. The number of likely N-dealkylation sites (tertiary alicyclic amines) is 1. The van der Waals surface area contributed by atoms with Crippen LogP contribution in [0.2, 0.25) is 0 Å². The SMILES string of the molecule is CCOc1cc2c(cc1CNC(=NC)NCC1CCCN(C)C1)OC(C)C2. The topological polar surface area (TPSA) is 58.1 Å². The molecule has 2 N–H and O–H groups in total. The van der Waals surface area contributed by atoms with Gasteiger partial charge in [-0.2, -0.15) is 0 Å². The number of fused-ring (bicyclic) bond motifs is 1. The highest BCUT2D eigenvalue weighted by molar-refractivity contribution is 5.79. The number of nitrogens with one attached hydrogen (secondary N) is 2. The summed E-state index contributed by atoms with van der Waals surface area (Å²) < 4.78 is 11.8. The molecule has 2 heterocycles. The van der Waals surface area contributed by atoms with Gasteiger partial charge in [0, 0.05) is 44.2 Å². The van der Waals surface area contributed by atoms with E-state index in [2.05, 4.69) is 46.6 Å². The molecule has 0 aliphatic carbocycles. The highest BCUT2D eigenvalue weighted by Gasteiger charge is 2.22. The number of rotatable bonds is 6. The summed E-state index contributed by atoms with van der Waals surface area (Å²) in [6, 6.07) is 4.24. The monoisotopic (exact) mass is 374 g/mol. The first-order valence-corrected chi connectivity index (χ1v) is 10.2. The summed E-state index contributed by atoms with van der Waals surface area (Å²) in [5, 5.41) is 6.91. The van der Waals surface area contributed by atoms with E-state index in [-0.39, 0.29) is 6.10 Å². The zero-order valence-corrected chi connectivity index (χ0v) is 17.2. The van der Waals surface area contributed by atoms with Gasteiger partial charge in [-0.3, -0.25) is 4.99 Å². The molecular weight excluding hydrogens is 340 g/mol. The van der Waals surface area contributed by atoms with E-state index in [0.717, 1.165) is 42.5 Å². The van der Waals surface area contributed by atoms with E-state index < -0.39 is 0 Å². The van der Waals surface area contributed by atoms with Gasteiger partial charge >= 0.3 is 0 Å². The molecule has 0 amide bonds. The fraction of sp³-hybridized carbons (Fsp3) is 0.667. The van der Waals surface area contributed by atoms with Crippen molar-refractivity contribution in [3.8, 4) is 11.5 Å².